The standard InChI is InChI=1S/C34H42N4O7/c1-9-22-17-14-18-24(19-22)28(38(10-2)30(41)25(21-27(35)39)37-32(43)45-34(6,7)8)29(40)36-26(31(42)44-33(3,4)5)20-23-15-12-11-13-16-23/h2,9,11-19,25-26,28H,1,20-21H2,3-8H3,(H2,35,39)(H,36,40)(H,37,43). The number of ether oxygens (including phenoxy) is 2. The van der Waals surface area contributed by atoms with Crippen molar-refractivity contribution >= 4 is 35.9 Å². The Hall–Kier alpha value is -5.11. The van der Waals surface area contributed by atoms with Gasteiger partial charge in [-0.1, -0.05) is 67.6 Å². The van der Waals surface area contributed by atoms with E-state index in [1.54, 1.807) is 96.1 Å². The molecular weight excluding hydrogens is 576 g/mol. The number of rotatable bonds is 12. The summed E-state index contributed by atoms with van der Waals surface area (Å²) in [4.78, 5) is 66.6. The zero-order valence-corrected chi connectivity index (χ0v) is 26.6. The van der Waals surface area contributed by atoms with Gasteiger partial charge in [-0.2, -0.15) is 0 Å². The maximum atomic E-state index is 14.1. The third-order valence-corrected chi connectivity index (χ3v) is 6.03. The van der Waals surface area contributed by atoms with Gasteiger partial charge in [0.15, 0.2) is 0 Å². The average molecular weight is 619 g/mol. The third kappa shape index (κ3) is 11.8. The molecule has 0 aliphatic heterocycles. The Kier molecular flexibility index (Phi) is 12.5. The number of terminal acetylenes is 1. The Morgan fingerprint density at radius 2 is 1.56 bits per heavy atom. The Labute approximate surface area is 264 Å². The summed E-state index contributed by atoms with van der Waals surface area (Å²) in [6.45, 7) is 13.7. The number of amides is 4. The molecule has 3 unspecified atom stereocenters. The van der Waals surface area contributed by atoms with E-state index in [2.05, 4.69) is 23.3 Å². The van der Waals surface area contributed by atoms with Crippen LogP contribution in [0.1, 0.15) is 70.7 Å². The van der Waals surface area contributed by atoms with Gasteiger partial charge in [0.1, 0.15) is 29.3 Å². The van der Waals surface area contributed by atoms with Crippen LogP contribution in [0.2, 0.25) is 0 Å². The number of nitrogens with one attached hydrogen (secondary N) is 2. The molecule has 2 aromatic rings. The minimum atomic E-state index is -1.57. The predicted octanol–water partition coefficient (Wildman–Crippen LogP) is 3.63. The molecule has 0 aliphatic rings. The minimum Gasteiger partial charge on any atom is -0.458 e. The van der Waals surface area contributed by atoms with E-state index in [4.69, 9.17) is 21.6 Å². The van der Waals surface area contributed by atoms with Crippen LogP contribution in [0.15, 0.2) is 61.2 Å². The van der Waals surface area contributed by atoms with Gasteiger partial charge in [-0.25, -0.2) is 9.59 Å². The SMILES string of the molecule is C#CN(C(=O)C(CC(N)=O)NC(=O)OC(C)(C)C)C(C(=O)NC(Cc1ccccc1)C(=O)OC(C)(C)C)c1cccc(C=C)c1. The van der Waals surface area contributed by atoms with E-state index in [9.17, 15) is 24.0 Å². The van der Waals surface area contributed by atoms with Crippen molar-refractivity contribution < 1.29 is 33.4 Å². The molecule has 0 aromatic heterocycles. The highest BCUT2D eigenvalue weighted by molar-refractivity contribution is 5.96. The van der Waals surface area contributed by atoms with Gasteiger partial charge in [-0.15, -0.1) is 0 Å². The maximum Gasteiger partial charge on any atom is 0.408 e. The second-order valence-electron chi connectivity index (χ2n) is 12.3. The largest absolute Gasteiger partial charge is 0.458 e. The molecule has 0 saturated carbocycles. The predicted molar refractivity (Wildman–Crippen MR) is 170 cm³/mol. The normalized spacial score (nSPS) is 13.2. The zero-order chi connectivity index (χ0) is 33.9. The van der Waals surface area contributed by atoms with Crippen molar-refractivity contribution in [3.8, 4) is 12.5 Å². The van der Waals surface area contributed by atoms with Crippen molar-refractivity contribution in [1.29, 1.82) is 0 Å². The van der Waals surface area contributed by atoms with E-state index in [-0.39, 0.29) is 12.0 Å². The van der Waals surface area contributed by atoms with Crippen LogP contribution < -0.4 is 16.4 Å². The highest BCUT2D eigenvalue weighted by atomic mass is 16.6. The Morgan fingerprint density at radius 3 is 2.09 bits per heavy atom. The first-order valence-electron chi connectivity index (χ1n) is 14.3. The number of benzene rings is 2. The van der Waals surface area contributed by atoms with Crippen LogP contribution in [-0.2, 0) is 35.1 Å². The molecule has 240 valence electrons. The van der Waals surface area contributed by atoms with Gasteiger partial charge < -0.3 is 25.8 Å². The number of nitrogens with zero attached hydrogens (tertiary/aromatic N) is 1. The van der Waals surface area contributed by atoms with Crippen LogP contribution >= 0.6 is 0 Å². The molecule has 0 bridgehead atoms. The number of carbonyl (C=O) groups excluding carboxylic acids is 5. The Balaban J connectivity index is 2.58. The van der Waals surface area contributed by atoms with Crippen molar-refractivity contribution in [3.63, 3.8) is 0 Å². The van der Waals surface area contributed by atoms with Gasteiger partial charge in [0, 0.05) is 12.5 Å². The second-order valence-corrected chi connectivity index (χ2v) is 12.3. The number of esters is 1. The highest BCUT2D eigenvalue weighted by Crippen LogP contribution is 2.25. The van der Waals surface area contributed by atoms with Gasteiger partial charge >= 0.3 is 12.1 Å². The van der Waals surface area contributed by atoms with Crippen LogP contribution in [0.5, 0.6) is 0 Å². The molecule has 2 rings (SSSR count). The van der Waals surface area contributed by atoms with Crippen molar-refractivity contribution in [2.45, 2.75) is 83.7 Å². The quantitative estimate of drug-likeness (QED) is 0.186. The molecule has 2 aromatic carbocycles. The fraction of sp³-hybridized carbons (Fsp3) is 0.382. The fourth-order valence-corrected chi connectivity index (χ4v) is 4.22. The molecule has 0 saturated heterocycles. The molecule has 11 nitrogen and oxygen atoms in total. The van der Waals surface area contributed by atoms with Crippen LogP contribution in [0, 0.1) is 12.5 Å². The summed E-state index contributed by atoms with van der Waals surface area (Å²) < 4.78 is 10.8. The first-order chi connectivity index (χ1) is 20.9. The summed E-state index contributed by atoms with van der Waals surface area (Å²) in [6, 6.07) is 13.5. The summed E-state index contributed by atoms with van der Waals surface area (Å²) in [5.41, 5.74) is 5.24. The molecule has 0 aliphatic carbocycles. The number of hydrogen-bond acceptors (Lipinski definition) is 7. The van der Waals surface area contributed by atoms with Gasteiger partial charge in [0.2, 0.25) is 11.8 Å². The van der Waals surface area contributed by atoms with Crippen LogP contribution in [0.4, 0.5) is 4.79 Å². The zero-order valence-electron chi connectivity index (χ0n) is 26.6. The molecule has 0 fully saturated rings. The lowest BCUT2D eigenvalue weighted by Gasteiger charge is -2.31. The first kappa shape index (κ1) is 36.1. The van der Waals surface area contributed by atoms with Crippen molar-refractivity contribution in [2.75, 3.05) is 0 Å². The molecule has 0 heterocycles. The molecule has 0 radical (unpaired) electrons. The monoisotopic (exact) mass is 618 g/mol. The minimum absolute atomic E-state index is 0.0788. The van der Waals surface area contributed by atoms with Crippen molar-refractivity contribution in [3.05, 3.63) is 77.9 Å². The van der Waals surface area contributed by atoms with E-state index < -0.39 is 65.5 Å². The first-order valence-corrected chi connectivity index (χ1v) is 14.3. The Bertz CT molecular complexity index is 1430. The number of carbonyl (C=O) groups is 5. The Morgan fingerprint density at radius 1 is 0.933 bits per heavy atom. The molecule has 4 amide bonds. The summed E-state index contributed by atoms with van der Waals surface area (Å²) in [6.07, 6.45) is 5.81. The summed E-state index contributed by atoms with van der Waals surface area (Å²) in [5.74, 6) is -3.41. The van der Waals surface area contributed by atoms with Crippen molar-refractivity contribution in [2.24, 2.45) is 5.73 Å². The van der Waals surface area contributed by atoms with E-state index in [1.165, 1.54) is 0 Å². The number of nitrogens with two attached hydrogens (primary N) is 1. The van der Waals surface area contributed by atoms with Gasteiger partial charge in [-0.05, 0) is 64.3 Å². The van der Waals surface area contributed by atoms with Crippen molar-refractivity contribution in [1.82, 2.24) is 15.5 Å². The van der Waals surface area contributed by atoms with Crippen LogP contribution in [-0.4, -0.2) is 58.0 Å². The van der Waals surface area contributed by atoms with Crippen LogP contribution in [0.25, 0.3) is 6.08 Å². The van der Waals surface area contributed by atoms with E-state index in [1.807, 2.05) is 6.07 Å². The van der Waals surface area contributed by atoms with E-state index in [0.717, 1.165) is 10.5 Å². The lowest BCUT2D eigenvalue weighted by molar-refractivity contribution is -0.159. The van der Waals surface area contributed by atoms with Crippen LogP contribution in [0.3, 0.4) is 0 Å². The molecular formula is C34H42N4O7. The smallest absolute Gasteiger partial charge is 0.408 e. The van der Waals surface area contributed by atoms with E-state index in [0.29, 0.717) is 5.56 Å². The topological polar surface area (TPSA) is 157 Å². The second kappa shape index (κ2) is 15.6. The third-order valence-electron chi connectivity index (χ3n) is 6.03. The highest BCUT2D eigenvalue weighted by Gasteiger charge is 2.38. The number of primary amides is 1. The summed E-state index contributed by atoms with van der Waals surface area (Å²) >= 11 is 0. The molecule has 11 heteroatoms. The average Bonchev–Trinajstić information content (AvgIpc) is 2.93. The lowest BCUT2D eigenvalue weighted by atomic mass is 9.99. The number of alkyl carbamates (subject to hydrolysis) is 1. The van der Waals surface area contributed by atoms with Gasteiger partial charge in [0.05, 0.1) is 6.42 Å². The maximum absolute atomic E-state index is 14.1. The number of hydrogen-bond donors (Lipinski definition) is 3. The molecule has 4 N–H and O–H groups in total. The molecule has 3 atom stereocenters. The summed E-state index contributed by atoms with van der Waals surface area (Å²) in [7, 11) is 0. The summed E-state index contributed by atoms with van der Waals surface area (Å²) in [5, 5.41) is 5.05. The fourth-order valence-electron chi connectivity index (χ4n) is 4.22. The van der Waals surface area contributed by atoms with Gasteiger partial charge in [0.25, 0.3) is 5.91 Å². The van der Waals surface area contributed by atoms with Gasteiger partial charge in [-0.3, -0.25) is 19.3 Å². The molecule has 0 spiro atoms. The lowest BCUT2D eigenvalue weighted by Crippen LogP contribution is -2.54. The van der Waals surface area contributed by atoms with E-state index >= 15 is 0 Å². The molecule has 45 heavy (non-hydrogen) atoms.